The molecular weight excluding hydrogens is 723 g/mol. The fourth-order valence-electron chi connectivity index (χ4n) is 8.01. The monoisotopic (exact) mass is 826 g/mol. The maximum Gasteiger partial charge on any atom is 0.220 e. The topological polar surface area (TPSA) is 69.6 Å². The van der Waals surface area contributed by atoms with Crippen LogP contribution in [-0.4, -0.2) is 34.9 Å². The summed E-state index contributed by atoms with van der Waals surface area (Å²) in [6, 6.07) is -0.628. The van der Waals surface area contributed by atoms with Crippen molar-refractivity contribution in [2.45, 2.75) is 289 Å². The van der Waals surface area contributed by atoms with Crippen molar-refractivity contribution >= 4 is 5.91 Å². The number of unbranched alkanes of at least 4 members (excludes halogenated alkanes) is 35. The molecule has 2 atom stereocenters. The maximum atomic E-state index is 12.4. The molecule has 0 aliphatic heterocycles. The third-order valence-electron chi connectivity index (χ3n) is 12.1. The van der Waals surface area contributed by atoms with E-state index in [1.165, 1.54) is 218 Å². The molecule has 0 spiro atoms. The number of carbonyl (C=O) groups excluding carboxylic acids is 1. The molecule has 0 saturated heterocycles. The van der Waals surface area contributed by atoms with Gasteiger partial charge >= 0.3 is 0 Å². The molecule has 0 aromatic heterocycles. The highest BCUT2D eigenvalue weighted by molar-refractivity contribution is 5.76. The Balaban J connectivity index is 3.54. The van der Waals surface area contributed by atoms with Crippen LogP contribution in [-0.2, 0) is 4.79 Å². The molecule has 4 nitrogen and oxygen atoms in total. The van der Waals surface area contributed by atoms with Crippen LogP contribution in [0.15, 0.2) is 48.6 Å². The van der Waals surface area contributed by atoms with Crippen molar-refractivity contribution in [2.75, 3.05) is 6.61 Å². The molecule has 0 radical (unpaired) electrons. The number of hydrogen-bond acceptors (Lipinski definition) is 3. The minimum Gasteiger partial charge on any atom is -0.394 e. The van der Waals surface area contributed by atoms with Crippen LogP contribution in [0.25, 0.3) is 0 Å². The van der Waals surface area contributed by atoms with E-state index >= 15 is 0 Å². The van der Waals surface area contributed by atoms with E-state index in [1.807, 2.05) is 6.08 Å². The predicted molar refractivity (Wildman–Crippen MR) is 262 cm³/mol. The first-order valence-electron chi connectivity index (χ1n) is 26.4. The zero-order chi connectivity index (χ0) is 42.8. The van der Waals surface area contributed by atoms with Crippen LogP contribution in [0.1, 0.15) is 277 Å². The molecule has 0 bridgehead atoms. The number of amides is 1. The predicted octanol–water partition coefficient (Wildman–Crippen LogP) is 17.1. The number of aliphatic hydroxyl groups is 2. The van der Waals surface area contributed by atoms with Gasteiger partial charge in [-0.15, -0.1) is 0 Å². The summed E-state index contributed by atoms with van der Waals surface area (Å²) in [6.07, 6.45) is 69.6. The van der Waals surface area contributed by atoms with Crippen molar-refractivity contribution < 1.29 is 15.0 Å². The highest BCUT2D eigenvalue weighted by Crippen LogP contribution is 2.16. The molecule has 0 aromatic carbocycles. The van der Waals surface area contributed by atoms with Crippen molar-refractivity contribution in [3.05, 3.63) is 48.6 Å². The second kappa shape index (κ2) is 50.7. The Bertz CT molecular complexity index is 939. The summed E-state index contributed by atoms with van der Waals surface area (Å²) in [5.74, 6) is -0.0695. The smallest absolute Gasteiger partial charge is 0.220 e. The van der Waals surface area contributed by atoms with Crippen LogP contribution < -0.4 is 5.32 Å². The lowest BCUT2D eigenvalue weighted by Gasteiger charge is -2.20. The zero-order valence-electron chi connectivity index (χ0n) is 39.8. The van der Waals surface area contributed by atoms with Gasteiger partial charge < -0.3 is 15.5 Å². The highest BCUT2D eigenvalue weighted by atomic mass is 16.3. The van der Waals surface area contributed by atoms with E-state index in [0.717, 1.165) is 38.5 Å². The summed E-state index contributed by atoms with van der Waals surface area (Å²) in [5.41, 5.74) is 0. The van der Waals surface area contributed by atoms with E-state index in [0.29, 0.717) is 6.42 Å². The third kappa shape index (κ3) is 47.3. The van der Waals surface area contributed by atoms with Gasteiger partial charge in [-0.3, -0.25) is 4.79 Å². The van der Waals surface area contributed by atoms with E-state index < -0.39 is 12.1 Å². The van der Waals surface area contributed by atoms with Gasteiger partial charge in [-0.05, 0) is 57.8 Å². The summed E-state index contributed by atoms with van der Waals surface area (Å²) in [7, 11) is 0. The molecule has 1 amide bonds. The largest absolute Gasteiger partial charge is 0.394 e. The first-order valence-corrected chi connectivity index (χ1v) is 26.4. The summed E-state index contributed by atoms with van der Waals surface area (Å²) >= 11 is 0. The number of rotatable bonds is 48. The number of aliphatic hydroxyl groups excluding tert-OH is 2. The van der Waals surface area contributed by atoms with Crippen molar-refractivity contribution in [3.63, 3.8) is 0 Å². The average Bonchev–Trinajstić information content (AvgIpc) is 3.24. The van der Waals surface area contributed by atoms with E-state index in [9.17, 15) is 15.0 Å². The molecule has 0 aliphatic carbocycles. The Hall–Kier alpha value is -1.65. The van der Waals surface area contributed by atoms with Gasteiger partial charge in [0.1, 0.15) is 0 Å². The Labute approximate surface area is 369 Å². The van der Waals surface area contributed by atoms with Crippen LogP contribution in [0.4, 0.5) is 0 Å². The maximum absolute atomic E-state index is 12.4. The minimum atomic E-state index is -0.844. The molecule has 0 fully saturated rings. The second-order valence-corrected chi connectivity index (χ2v) is 17.9. The summed E-state index contributed by atoms with van der Waals surface area (Å²) in [6.45, 7) is 4.32. The first kappa shape index (κ1) is 57.3. The third-order valence-corrected chi connectivity index (χ3v) is 12.1. The van der Waals surface area contributed by atoms with Crippen molar-refractivity contribution in [2.24, 2.45) is 0 Å². The molecule has 0 heterocycles. The van der Waals surface area contributed by atoms with E-state index in [4.69, 9.17) is 0 Å². The van der Waals surface area contributed by atoms with Crippen LogP contribution in [0, 0.1) is 0 Å². The van der Waals surface area contributed by atoms with Gasteiger partial charge in [-0.2, -0.15) is 0 Å². The molecule has 0 saturated carbocycles. The van der Waals surface area contributed by atoms with Gasteiger partial charge in [-0.1, -0.05) is 262 Å². The number of nitrogens with one attached hydrogen (secondary N) is 1. The Morgan fingerprint density at radius 3 is 1.03 bits per heavy atom. The number of allylic oxidation sites excluding steroid dienone is 7. The molecule has 346 valence electrons. The quantitative estimate of drug-likeness (QED) is 0.0423. The molecular formula is C55H103NO3. The average molecular weight is 826 g/mol. The molecule has 4 heteroatoms. The van der Waals surface area contributed by atoms with Gasteiger partial charge in [0.05, 0.1) is 18.8 Å². The fourth-order valence-corrected chi connectivity index (χ4v) is 8.01. The van der Waals surface area contributed by atoms with Crippen LogP contribution in [0.5, 0.6) is 0 Å². The Kier molecular flexibility index (Phi) is 49.3. The number of hydrogen-bond donors (Lipinski definition) is 3. The highest BCUT2D eigenvalue weighted by Gasteiger charge is 2.18. The lowest BCUT2D eigenvalue weighted by Crippen LogP contribution is -2.45. The normalized spacial score (nSPS) is 13.2. The number of carbonyl (C=O) groups is 1. The van der Waals surface area contributed by atoms with Crippen LogP contribution in [0.2, 0.25) is 0 Å². The SMILES string of the molecule is CCCCCCC/C=C\C/C=C\C/C=C\CCCCCCCCCCC(=O)NC(CO)C(O)/C=C/CCCCCCCCCCCCCCCCCCCCCCCC. The molecule has 59 heavy (non-hydrogen) atoms. The van der Waals surface area contributed by atoms with Crippen molar-refractivity contribution in [1.29, 1.82) is 0 Å². The lowest BCUT2D eigenvalue weighted by molar-refractivity contribution is -0.123. The Morgan fingerprint density at radius 1 is 0.407 bits per heavy atom. The first-order chi connectivity index (χ1) is 29.2. The zero-order valence-corrected chi connectivity index (χ0v) is 39.8. The van der Waals surface area contributed by atoms with Gasteiger partial charge in [0.2, 0.25) is 5.91 Å². The summed E-state index contributed by atoms with van der Waals surface area (Å²) in [5, 5.41) is 23.1. The van der Waals surface area contributed by atoms with E-state index in [1.54, 1.807) is 6.08 Å². The molecule has 0 rings (SSSR count). The summed E-state index contributed by atoms with van der Waals surface area (Å²) < 4.78 is 0. The standard InChI is InChI=1S/C55H103NO3/c1-3-5-7-9-11-13-15-17-19-21-23-25-27-29-30-32-34-36-38-40-42-44-46-48-50-54(58)53(52-57)56-55(59)51-49-47-45-43-41-39-37-35-33-31-28-26-24-22-20-18-16-14-12-10-8-6-4-2/h16,18,22,24,28,31,48,50,53-54,57-58H,3-15,17,19-21,23,25-27,29-30,32-47,49,51-52H2,1-2H3,(H,56,59)/b18-16-,24-22-,31-28-,50-48+. The van der Waals surface area contributed by atoms with Crippen molar-refractivity contribution in [3.8, 4) is 0 Å². The summed E-state index contributed by atoms with van der Waals surface area (Å²) in [4.78, 5) is 12.4. The van der Waals surface area contributed by atoms with Gasteiger partial charge in [0.15, 0.2) is 0 Å². The fraction of sp³-hybridized carbons (Fsp3) is 0.836. The van der Waals surface area contributed by atoms with E-state index in [2.05, 4.69) is 55.6 Å². The van der Waals surface area contributed by atoms with Crippen LogP contribution >= 0.6 is 0 Å². The van der Waals surface area contributed by atoms with Gasteiger partial charge in [-0.25, -0.2) is 0 Å². The second-order valence-electron chi connectivity index (χ2n) is 17.9. The van der Waals surface area contributed by atoms with Gasteiger partial charge in [0, 0.05) is 6.42 Å². The van der Waals surface area contributed by atoms with E-state index in [-0.39, 0.29) is 12.5 Å². The molecule has 0 aromatic rings. The van der Waals surface area contributed by atoms with Gasteiger partial charge in [0.25, 0.3) is 0 Å². The van der Waals surface area contributed by atoms with Crippen LogP contribution in [0.3, 0.4) is 0 Å². The molecule has 3 N–H and O–H groups in total. The lowest BCUT2D eigenvalue weighted by atomic mass is 10.0. The molecule has 2 unspecified atom stereocenters. The molecule has 0 aliphatic rings. The van der Waals surface area contributed by atoms with Crippen molar-refractivity contribution in [1.82, 2.24) is 5.32 Å². The Morgan fingerprint density at radius 2 is 0.695 bits per heavy atom. The minimum absolute atomic E-state index is 0.0695.